The molecule has 0 aliphatic heterocycles. The Hall–Kier alpha value is -3.42. The number of carbonyl (C=O) groups excluding carboxylic acids is 1. The molecule has 0 aromatic heterocycles. The van der Waals surface area contributed by atoms with Crippen LogP contribution in [0.4, 0.5) is 5.69 Å². The monoisotopic (exact) mass is 329 g/mol. The van der Waals surface area contributed by atoms with Gasteiger partial charge in [-0.15, -0.1) is 0 Å². The van der Waals surface area contributed by atoms with Crippen molar-refractivity contribution in [2.24, 2.45) is 5.10 Å². The summed E-state index contributed by atoms with van der Waals surface area (Å²) in [5, 5.41) is 24.5. The van der Waals surface area contributed by atoms with Crippen molar-refractivity contribution >= 4 is 17.8 Å². The summed E-state index contributed by atoms with van der Waals surface area (Å²) in [7, 11) is 1.42. The van der Waals surface area contributed by atoms with Crippen LogP contribution in [0, 0.1) is 10.1 Å². The number of para-hydroxylation sites is 2. The molecule has 0 spiro atoms. The third-order valence-corrected chi connectivity index (χ3v) is 3.18. The van der Waals surface area contributed by atoms with Crippen LogP contribution < -0.4 is 10.2 Å². The predicted octanol–water partition coefficient (Wildman–Crippen LogP) is 2.00. The van der Waals surface area contributed by atoms with E-state index in [0.29, 0.717) is 11.1 Å². The Morgan fingerprint density at radius 1 is 1.33 bits per heavy atom. The van der Waals surface area contributed by atoms with E-state index in [0.717, 1.165) is 0 Å². The average Bonchev–Trinajstić information content (AvgIpc) is 2.56. The van der Waals surface area contributed by atoms with E-state index in [4.69, 9.17) is 4.74 Å². The van der Waals surface area contributed by atoms with E-state index in [9.17, 15) is 20.0 Å². The fraction of sp³-hybridized carbons (Fsp3) is 0.125. The van der Waals surface area contributed by atoms with Crippen LogP contribution in [0.1, 0.15) is 11.1 Å². The van der Waals surface area contributed by atoms with Gasteiger partial charge in [-0.3, -0.25) is 14.9 Å². The van der Waals surface area contributed by atoms with E-state index < -0.39 is 10.8 Å². The lowest BCUT2D eigenvalue weighted by molar-refractivity contribution is -0.385. The topological polar surface area (TPSA) is 114 Å². The minimum absolute atomic E-state index is 0.100. The first kappa shape index (κ1) is 16.9. The van der Waals surface area contributed by atoms with Gasteiger partial charge in [0.15, 0.2) is 11.5 Å². The van der Waals surface area contributed by atoms with Gasteiger partial charge in [-0.1, -0.05) is 24.3 Å². The first-order valence-electron chi connectivity index (χ1n) is 6.93. The number of rotatable bonds is 6. The van der Waals surface area contributed by atoms with Gasteiger partial charge in [0.1, 0.15) is 0 Å². The number of nitrogens with zero attached hydrogens (tertiary/aromatic N) is 2. The number of amides is 1. The molecule has 124 valence electrons. The molecule has 0 saturated carbocycles. The Morgan fingerprint density at radius 3 is 2.79 bits per heavy atom. The van der Waals surface area contributed by atoms with Crippen LogP contribution in [0.3, 0.4) is 0 Å². The number of benzene rings is 2. The summed E-state index contributed by atoms with van der Waals surface area (Å²) in [5.41, 5.74) is 2.80. The number of methoxy groups -OCH3 is 1. The van der Waals surface area contributed by atoms with Crippen molar-refractivity contribution in [1.82, 2.24) is 5.43 Å². The molecule has 2 N–H and O–H groups in total. The lowest BCUT2D eigenvalue weighted by atomic mass is 10.1. The molecule has 24 heavy (non-hydrogen) atoms. The van der Waals surface area contributed by atoms with E-state index in [1.54, 1.807) is 24.3 Å². The molecule has 0 atom stereocenters. The van der Waals surface area contributed by atoms with Gasteiger partial charge in [0.2, 0.25) is 5.91 Å². The summed E-state index contributed by atoms with van der Waals surface area (Å²) >= 11 is 0. The van der Waals surface area contributed by atoms with Gasteiger partial charge in [0, 0.05) is 17.2 Å². The maximum atomic E-state index is 11.9. The molecule has 0 aliphatic carbocycles. The van der Waals surface area contributed by atoms with Gasteiger partial charge in [0.05, 0.1) is 24.7 Å². The summed E-state index contributed by atoms with van der Waals surface area (Å²) in [6.07, 6.45) is 1.08. The van der Waals surface area contributed by atoms with Crippen LogP contribution in [-0.2, 0) is 11.2 Å². The quantitative estimate of drug-likeness (QED) is 0.478. The summed E-state index contributed by atoms with van der Waals surface area (Å²) < 4.78 is 4.96. The van der Waals surface area contributed by atoms with Crippen molar-refractivity contribution in [2.45, 2.75) is 6.42 Å². The Labute approximate surface area is 137 Å². The lowest BCUT2D eigenvalue weighted by Gasteiger charge is -2.05. The average molecular weight is 329 g/mol. The van der Waals surface area contributed by atoms with E-state index in [2.05, 4.69) is 10.5 Å². The van der Waals surface area contributed by atoms with Crippen molar-refractivity contribution in [3.8, 4) is 11.5 Å². The minimum Gasteiger partial charge on any atom is -0.504 e. The second-order valence-electron chi connectivity index (χ2n) is 4.75. The molecule has 0 bridgehead atoms. The van der Waals surface area contributed by atoms with Crippen LogP contribution in [-0.4, -0.2) is 29.3 Å². The third kappa shape index (κ3) is 4.07. The fourth-order valence-corrected chi connectivity index (χ4v) is 2.03. The first-order valence-corrected chi connectivity index (χ1v) is 6.93. The van der Waals surface area contributed by atoms with Crippen LogP contribution in [0.25, 0.3) is 0 Å². The normalized spacial score (nSPS) is 10.5. The molecule has 2 aromatic carbocycles. The number of nitro benzene ring substituents is 1. The van der Waals surface area contributed by atoms with Gasteiger partial charge >= 0.3 is 0 Å². The maximum Gasteiger partial charge on any atom is 0.273 e. The molecule has 1 amide bonds. The Balaban J connectivity index is 2.03. The van der Waals surface area contributed by atoms with Crippen molar-refractivity contribution in [1.29, 1.82) is 0 Å². The second-order valence-corrected chi connectivity index (χ2v) is 4.75. The Kier molecular flexibility index (Phi) is 5.45. The zero-order chi connectivity index (χ0) is 17.5. The fourth-order valence-electron chi connectivity index (χ4n) is 2.03. The highest BCUT2D eigenvalue weighted by Crippen LogP contribution is 2.27. The van der Waals surface area contributed by atoms with Crippen LogP contribution in [0.5, 0.6) is 11.5 Å². The van der Waals surface area contributed by atoms with Gasteiger partial charge in [-0.25, -0.2) is 5.43 Å². The van der Waals surface area contributed by atoms with E-state index in [1.165, 1.54) is 31.5 Å². The molecule has 0 aliphatic rings. The summed E-state index contributed by atoms with van der Waals surface area (Å²) in [5.74, 6) is -0.329. The molecular formula is C16H15N3O5. The number of phenolic OH excluding ortho intramolecular Hbond substituents is 1. The number of carbonyl (C=O) groups is 1. The van der Waals surface area contributed by atoms with Gasteiger partial charge in [0.25, 0.3) is 5.69 Å². The highest BCUT2D eigenvalue weighted by Gasteiger charge is 2.15. The number of hydrogen-bond acceptors (Lipinski definition) is 6. The van der Waals surface area contributed by atoms with E-state index in [1.807, 2.05) is 0 Å². The molecular weight excluding hydrogens is 314 g/mol. The van der Waals surface area contributed by atoms with Crippen molar-refractivity contribution < 1.29 is 19.6 Å². The number of hydrazone groups is 1. The summed E-state index contributed by atoms with van der Waals surface area (Å²) in [6.45, 7) is 0. The second kappa shape index (κ2) is 7.73. The molecule has 0 heterocycles. The Bertz CT molecular complexity index is 789. The first-order chi connectivity index (χ1) is 11.5. The minimum atomic E-state index is -0.542. The summed E-state index contributed by atoms with van der Waals surface area (Å²) in [6, 6.07) is 10.8. The predicted molar refractivity (Wildman–Crippen MR) is 87.2 cm³/mol. The molecule has 0 saturated heterocycles. The molecule has 2 aromatic rings. The Morgan fingerprint density at radius 2 is 2.08 bits per heavy atom. The maximum absolute atomic E-state index is 11.9. The van der Waals surface area contributed by atoms with Crippen molar-refractivity contribution in [3.63, 3.8) is 0 Å². The molecule has 0 fully saturated rings. The highest BCUT2D eigenvalue weighted by atomic mass is 16.6. The van der Waals surface area contributed by atoms with Crippen LogP contribution >= 0.6 is 0 Å². The van der Waals surface area contributed by atoms with E-state index >= 15 is 0 Å². The van der Waals surface area contributed by atoms with Gasteiger partial charge in [-0.2, -0.15) is 5.10 Å². The number of nitro groups is 1. The zero-order valence-corrected chi connectivity index (χ0v) is 12.8. The van der Waals surface area contributed by atoms with Crippen LogP contribution in [0.2, 0.25) is 0 Å². The number of hydrogen-bond donors (Lipinski definition) is 2. The lowest BCUT2D eigenvalue weighted by Crippen LogP contribution is -2.20. The molecule has 0 radical (unpaired) electrons. The van der Waals surface area contributed by atoms with Gasteiger partial charge < -0.3 is 9.84 Å². The molecule has 0 unspecified atom stereocenters. The molecule has 8 nitrogen and oxygen atoms in total. The standard InChI is InChI=1S/C16H15N3O5/c1-24-14-8-4-6-12(16(14)21)10-17-18-15(20)9-11-5-2-3-7-13(11)19(22)23/h2-8,10,21H,9H2,1H3,(H,18,20)/b17-10+. The smallest absolute Gasteiger partial charge is 0.273 e. The van der Waals surface area contributed by atoms with Crippen molar-refractivity contribution in [3.05, 3.63) is 63.7 Å². The largest absolute Gasteiger partial charge is 0.504 e. The number of nitrogens with one attached hydrogen (secondary N) is 1. The highest BCUT2D eigenvalue weighted by molar-refractivity contribution is 5.86. The number of ether oxygens (including phenoxy) is 1. The number of phenols is 1. The molecule has 2 rings (SSSR count). The van der Waals surface area contributed by atoms with Crippen molar-refractivity contribution in [2.75, 3.05) is 7.11 Å². The van der Waals surface area contributed by atoms with E-state index in [-0.39, 0.29) is 23.6 Å². The van der Waals surface area contributed by atoms with Crippen LogP contribution in [0.15, 0.2) is 47.6 Å². The number of aromatic hydroxyl groups is 1. The SMILES string of the molecule is COc1cccc(/C=N/NC(=O)Cc2ccccc2[N+](=O)[O-])c1O. The zero-order valence-electron chi connectivity index (χ0n) is 12.8. The van der Waals surface area contributed by atoms with Gasteiger partial charge in [-0.05, 0) is 12.1 Å². The third-order valence-electron chi connectivity index (χ3n) is 3.18. The molecule has 8 heteroatoms. The summed E-state index contributed by atoms with van der Waals surface area (Å²) in [4.78, 5) is 22.2.